The predicted octanol–water partition coefficient (Wildman–Crippen LogP) is 6.84. The first-order valence-corrected chi connectivity index (χ1v) is 19.4. The van der Waals surface area contributed by atoms with Gasteiger partial charge in [-0.2, -0.15) is 0 Å². The third kappa shape index (κ3) is 8.46. The van der Waals surface area contributed by atoms with E-state index in [4.69, 9.17) is 21.1 Å². The summed E-state index contributed by atoms with van der Waals surface area (Å²) >= 11 is 6.35. The van der Waals surface area contributed by atoms with Gasteiger partial charge in [0.1, 0.15) is 18.0 Å². The number of nitrogens with one attached hydrogen (secondary N) is 1. The van der Waals surface area contributed by atoms with E-state index >= 15 is 0 Å². The highest BCUT2D eigenvalue weighted by Crippen LogP contribution is 2.48. The predicted molar refractivity (Wildman–Crippen MR) is 192 cm³/mol. The van der Waals surface area contributed by atoms with Crippen LogP contribution in [0.1, 0.15) is 95.1 Å². The number of anilines is 1. The lowest BCUT2D eigenvalue weighted by atomic mass is 9.60. The minimum absolute atomic E-state index is 0.0237. The van der Waals surface area contributed by atoms with Gasteiger partial charge in [-0.05, 0) is 132 Å². The van der Waals surface area contributed by atoms with Crippen molar-refractivity contribution in [3.63, 3.8) is 0 Å². The van der Waals surface area contributed by atoms with Crippen LogP contribution in [-0.2, 0) is 32.6 Å². The third-order valence-corrected chi connectivity index (χ3v) is 12.7. The van der Waals surface area contributed by atoms with Gasteiger partial charge in [0.25, 0.3) is 5.91 Å². The fourth-order valence-corrected chi connectivity index (χ4v) is 8.66. The van der Waals surface area contributed by atoms with Crippen molar-refractivity contribution in [2.24, 2.45) is 23.7 Å². The second kappa shape index (κ2) is 14.6. The number of rotatable bonds is 2. The molecule has 2 bridgehead atoms. The summed E-state index contributed by atoms with van der Waals surface area (Å²) < 4.78 is 41.3. The van der Waals surface area contributed by atoms with Crippen molar-refractivity contribution in [3.05, 3.63) is 70.3 Å². The molecule has 0 aromatic heterocycles. The lowest BCUT2D eigenvalue weighted by Gasteiger charge is -2.50. The van der Waals surface area contributed by atoms with Gasteiger partial charge in [0, 0.05) is 23.7 Å². The molecule has 2 aliphatic heterocycles. The number of hydrogen-bond acceptors (Lipinski definition) is 8. The molecule has 2 aromatic carbocycles. The van der Waals surface area contributed by atoms with Crippen molar-refractivity contribution in [2.45, 2.75) is 103 Å². The Kier molecular flexibility index (Phi) is 11.1. The Bertz CT molecular complexity index is 1690. The maximum atomic E-state index is 13.5. The zero-order valence-corrected chi connectivity index (χ0v) is 31.1. The van der Waals surface area contributed by atoms with E-state index < -0.39 is 44.3 Å². The summed E-state index contributed by atoms with van der Waals surface area (Å²) in [5, 5.41) is 12.3. The Morgan fingerprint density at radius 1 is 1.12 bits per heavy atom. The molecule has 2 heterocycles. The zero-order chi connectivity index (χ0) is 35.7. The number of nitrogens with zero attached hydrogens (tertiary/aromatic N) is 1. The van der Waals surface area contributed by atoms with Gasteiger partial charge >= 0.3 is 5.97 Å². The van der Waals surface area contributed by atoms with Gasteiger partial charge in [0.15, 0.2) is 0 Å². The molecule has 6 atom stereocenters. The van der Waals surface area contributed by atoms with Gasteiger partial charge in [0.05, 0.1) is 22.5 Å². The Hall–Kier alpha value is -3.08. The molecule has 0 unspecified atom stereocenters. The van der Waals surface area contributed by atoms with Gasteiger partial charge in [-0.15, -0.1) is 0 Å². The standard InChI is InChI=1S/C38H51ClN2O7S/c1-24-10-9-18-38(44,25(2)36(43)48-37(4,5)6)32-16-13-29(32)22-41-19-8-7-11-27-20-31(39)15-12-30(27)23-47-34-17-14-28(21-33(34)41)35(42)40-49(45,46)26(24)3/h9,12,14-15,17-18,20-21,24-26,29,32,44H,7-8,10-11,13,16,19,22-23H2,1-6H3,(H,40,42)/b18-9+/t24-,25-,26+,29-,32+,38+/m0/s1. The van der Waals surface area contributed by atoms with Crippen LogP contribution in [-0.4, -0.2) is 54.9 Å². The Labute approximate surface area is 296 Å². The highest BCUT2D eigenvalue weighted by atomic mass is 35.5. The summed E-state index contributed by atoms with van der Waals surface area (Å²) in [6, 6.07) is 10.9. The number of carbonyl (C=O) groups excluding carboxylic acids is 2. The maximum absolute atomic E-state index is 13.5. The fraction of sp³-hybridized carbons (Fsp3) is 0.579. The number of carbonyl (C=O) groups is 2. The van der Waals surface area contributed by atoms with E-state index in [1.165, 1.54) is 0 Å². The van der Waals surface area contributed by atoms with Crippen molar-refractivity contribution in [1.82, 2.24) is 4.72 Å². The summed E-state index contributed by atoms with van der Waals surface area (Å²) in [4.78, 5) is 29.1. The van der Waals surface area contributed by atoms with Crippen LogP contribution in [0.4, 0.5) is 5.69 Å². The molecule has 11 heteroatoms. The summed E-state index contributed by atoms with van der Waals surface area (Å²) in [5.41, 5.74) is 0.810. The van der Waals surface area contributed by atoms with Crippen LogP contribution in [0, 0.1) is 23.7 Å². The number of esters is 1. The van der Waals surface area contributed by atoms with Gasteiger partial charge in [0.2, 0.25) is 10.0 Å². The van der Waals surface area contributed by atoms with Crippen LogP contribution in [0.25, 0.3) is 0 Å². The minimum Gasteiger partial charge on any atom is -0.487 e. The van der Waals surface area contributed by atoms with E-state index in [9.17, 15) is 23.1 Å². The molecule has 0 spiro atoms. The van der Waals surface area contributed by atoms with Gasteiger partial charge < -0.3 is 19.5 Å². The highest BCUT2D eigenvalue weighted by molar-refractivity contribution is 7.90. The quantitative estimate of drug-likeness (QED) is 0.256. The Balaban J connectivity index is 1.58. The largest absolute Gasteiger partial charge is 0.487 e. The topological polar surface area (TPSA) is 122 Å². The molecule has 3 aliphatic rings. The van der Waals surface area contributed by atoms with Gasteiger partial charge in [-0.25, -0.2) is 13.1 Å². The van der Waals surface area contributed by atoms with E-state index in [0.717, 1.165) is 36.8 Å². The molecule has 49 heavy (non-hydrogen) atoms. The minimum atomic E-state index is -4.05. The van der Waals surface area contributed by atoms with Crippen molar-refractivity contribution >= 4 is 39.2 Å². The lowest BCUT2D eigenvalue weighted by molar-refractivity contribution is -0.173. The zero-order valence-electron chi connectivity index (χ0n) is 29.5. The van der Waals surface area contributed by atoms with Crippen LogP contribution >= 0.6 is 11.6 Å². The average Bonchev–Trinajstić information content (AvgIpc) is 3.03. The molecule has 9 nitrogen and oxygen atoms in total. The maximum Gasteiger partial charge on any atom is 0.312 e. The molecular weight excluding hydrogens is 664 g/mol. The molecule has 268 valence electrons. The number of sulfonamides is 1. The van der Waals surface area contributed by atoms with Crippen LogP contribution in [0.2, 0.25) is 5.02 Å². The molecular formula is C38H51ClN2O7S. The number of halogens is 1. The summed E-state index contributed by atoms with van der Waals surface area (Å²) in [6.07, 6.45) is 7.93. The number of aryl methyl sites for hydroxylation is 1. The number of benzene rings is 2. The van der Waals surface area contributed by atoms with Crippen LogP contribution in [0.5, 0.6) is 5.75 Å². The van der Waals surface area contributed by atoms with E-state index in [-0.39, 0.29) is 23.3 Å². The van der Waals surface area contributed by atoms with Crippen molar-refractivity contribution in [3.8, 4) is 5.75 Å². The Morgan fingerprint density at radius 2 is 1.88 bits per heavy atom. The van der Waals surface area contributed by atoms with E-state index in [0.29, 0.717) is 49.0 Å². The normalized spacial score (nSPS) is 29.0. The molecule has 1 amide bonds. The molecule has 2 N–H and O–H groups in total. The monoisotopic (exact) mass is 714 g/mol. The molecule has 0 radical (unpaired) electrons. The third-order valence-electron chi connectivity index (χ3n) is 10.6. The molecule has 1 aliphatic carbocycles. The van der Waals surface area contributed by atoms with Crippen LogP contribution < -0.4 is 14.4 Å². The van der Waals surface area contributed by atoms with Gasteiger partial charge in [-0.1, -0.05) is 36.7 Å². The van der Waals surface area contributed by atoms with Gasteiger partial charge in [-0.3, -0.25) is 9.59 Å². The number of hydrogen-bond donors (Lipinski definition) is 2. The number of allylic oxidation sites excluding steroid dienone is 1. The van der Waals surface area contributed by atoms with E-state index in [1.807, 2.05) is 18.2 Å². The number of amides is 1. The summed E-state index contributed by atoms with van der Waals surface area (Å²) in [7, 11) is -4.05. The van der Waals surface area contributed by atoms with Crippen LogP contribution in [0.15, 0.2) is 48.6 Å². The molecule has 1 fully saturated rings. The molecule has 0 saturated heterocycles. The molecule has 5 rings (SSSR count). The van der Waals surface area contributed by atoms with E-state index in [2.05, 4.69) is 9.62 Å². The lowest BCUT2D eigenvalue weighted by Crippen LogP contribution is -2.55. The summed E-state index contributed by atoms with van der Waals surface area (Å²) in [6.45, 7) is 12.0. The fourth-order valence-electron chi connectivity index (χ4n) is 7.18. The number of fused-ring (bicyclic) bond motifs is 3. The first-order chi connectivity index (χ1) is 23.0. The van der Waals surface area contributed by atoms with Crippen molar-refractivity contribution < 1.29 is 32.6 Å². The SMILES string of the molecule is C[C@@H]1[C@@H](C)C/C=C/[C@@](O)([C@@H](C)C(=O)OC(C)(C)C)[C@@H]2CC[C@H]2CN2CCCCc3cc(Cl)ccc3COc3ccc(cc32)C(=O)NS1(=O)=O. The first kappa shape index (κ1) is 37.2. The van der Waals surface area contributed by atoms with Crippen molar-refractivity contribution in [2.75, 3.05) is 18.0 Å². The summed E-state index contributed by atoms with van der Waals surface area (Å²) in [5.74, 6) is -2.09. The highest BCUT2D eigenvalue weighted by Gasteiger charge is 2.51. The number of ether oxygens (including phenoxy) is 2. The average molecular weight is 715 g/mol. The molecule has 1 saturated carbocycles. The first-order valence-electron chi connectivity index (χ1n) is 17.5. The van der Waals surface area contributed by atoms with Crippen LogP contribution in [0.3, 0.4) is 0 Å². The van der Waals surface area contributed by atoms with Crippen molar-refractivity contribution in [1.29, 1.82) is 0 Å². The number of aliphatic hydroxyl groups is 1. The van der Waals surface area contributed by atoms with E-state index in [1.54, 1.807) is 71.9 Å². The molecule has 2 aromatic rings. The Morgan fingerprint density at radius 3 is 2.57 bits per heavy atom. The smallest absolute Gasteiger partial charge is 0.312 e. The second-order valence-corrected chi connectivity index (χ2v) is 17.6. The second-order valence-electron chi connectivity index (χ2n) is 15.2.